The molecule has 0 saturated heterocycles. The van der Waals surface area contributed by atoms with Crippen LogP contribution in [0.15, 0.2) is 55.1 Å². The van der Waals surface area contributed by atoms with Crippen LogP contribution in [0, 0.1) is 0 Å². The van der Waals surface area contributed by atoms with Gasteiger partial charge >= 0.3 is 0 Å². The van der Waals surface area contributed by atoms with Crippen molar-refractivity contribution in [3.05, 3.63) is 77.8 Å². The van der Waals surface area contributed by atoms with E-state index in [0.29, 0.717) is 5.69 Å². The molecule has 0 saturated carbocycles. The third-order valence-electron chi connectivity index (χ3n) is 5.46. The molecule has 12 nitrogen and oxygen atoms in total. The zero-order valence-electron chi connectivity index (χ0n) is 20.8. The maximum absolute atomic E-state index is 14.5. The van der Waals surface area contributed by atoms with Crippen molar-refractivity contribution in [1.29, 1.82) is 0 Å². The van der Waals surface area contributed by atoms with Crippen LogP contribution in [-0.2, 0) is 36.8 Å². The molecule has 4 rings (SSSR count). The molecule has 4 aromatic rings. The number of halogens is 3. The molecule has 0 aliphatic carbocycles. The van der Waals surface area contributed by atoms with Gasteiger partial charge in [0.05, 0.1) is 37.6 Å². The summed E-state index contributed by atoms with van der Waals surface area (Å²) in [7, 11) is 0. The summed E-state index contributed by atoms with van der Waals surface area (Å²) in [6, 6.07) is 7.68. The first kappa shape index (κ1) is 27.3. The Morgan fingerprint density at radius 1 is 1.03 bits per heavy atom. The molecular formula is C24H25F3N10O2. The van der Waals surface area contributed by atoms with Gasteiger partial charge in [-0.1, -0.05) is 16.5 Å². The van der Waals surface area contributed by atoms with Gasteiger partial charge in [0.2, 0.25) is 5.91 Å². The fourth-order valence-electron chi connectivity index (χ4n) is 3.49. The number of hydrogen-bond donors (Lipinski definition) is 2. The molecule has 0 aliphatic heterocycles. The number of rotatable bonds is 12. The number of aryl methyl sites for hydroxylation is 1. The molecule has 0 spiro atoms. The minimum Gasteiger partial charge on any atom is -0.345 e. The van der Waals surface area contributed by atoms with Crippen molar-refractivity contribution in [3.63, 3.8) is 0 Å². The Morgan fingerprint density at radius 2 is 1.82 bits per heavy atom. The van der Waals surface area contributed by atoms with Gasteiger partial charge in [-0.25, -0.2) is 17.9 Å². The third-order valence-corrected chi connectivity index (χ3v) is 5.46. The molecule has 0 aliphatic rings. The summed E-state index contributed by atoms with van der Waals surface area (Å²) in [5.74, 6) is -3.73. The molecule has 15 heteroatoms. The highest BCUT2D eigenvalue weighted by Gasteiger charge is 2.24. The number of aromatic nitrogens is 8. The standard InChI is InChI=1S/C24H25F3N10O2/c1-24(26,27)16-5-8-29-19(10-16)12-30-23(39)20-14-36(34-32-20)9-6-17(25)13-37-15-21(33-35-37)31-22(38)11-18-4-2-3-7-28-18/h2-5,7-8,10,14-15,17H,6,9,11-13H2,1H3,(H,30,39)(H,31,38). The Balaban J connectivity index is 1.20. The highest BCUT2D eigenvalue weighted by atomic mass is 19.3. The minimum atomic E-state index is -3.02. The summed E-state index contributed by atoms with van der Waals surface area (Å²) in [4.78, 5) is 32.5. The number of anilines is 1. The molecule has 0 aromatic carbocycles. The van der Waals surface area contributed by atoms with Crippen LogP contribution >= 0.6 is 0 Å². The summed E-state index contributed by atoms with van der Waals surface area (Å²) >= 11 is 0. The second kappa shape index (κ2) is 12.2. The van der Waals surface area contributed by atoms with Crippen LogP contribution in [0.1, 0.15) is 40.8 Å². The van der Waals surface area contributed by atoms with Crippen molar-refractivity contribution in [2.24, 2.45) is 0 Å². The van der Waals surface area contributed by atoms with Crippen LogP contribution in [0.25, 0.3) is 0 Å². The molecule has 39 heavy (non-hydrogen) atoms. The van der Waals surface area contributed by atoms with Gasteiger partial charge in [-0.05, 0) is 24.3 Å². The highest BCUT2D eigenvalue weighted by Crippen LogP contribution is 2.26. The van der Waals surface area contributed by atoms with Gasteiger partial charge in [-0.15, -0.1) is 10.2 Å². The average molecular weight is 543 g/mol. The van der Waals surface area contributed by atoms with E-state index in [0.717, 1.165) is 6.92 Å². The van der Waals surface area contributed by atoms with Gasteiger partial charge in [-0.2, -0.15) is 0 Å². The van der Waals surface area contributed by atoms with Gasteiger partial charge in [0.15, 0.2) is 11.5 Å². The molecule has 204 valence electrons. The van der Waals surface area contributed by atoms with E-state index in [1.807, 2.05) is 0 Å². The Bertz CT molecular complexity index is 1400. The van der Waals surface area contributed by atoms with E-state index < -0.39 is 18.0 Å². The molecule has 1 unspecified atom stereocenters. The molecule has 4 aromatic heterocycles. The topological polar surface area (TPSA) is 145 Å². The first-order chi connectivity index (χ1) is 18.7. The van der Waals surface area contributed by atoms with E-state index in [-0.39, 0.29) is 61.2 Å². The number of nitrogens with one attached hydrogen (secondary N) is 2. The van der Waals surface area contributed by atoms with Crippen LogP contribution in [-0.4, -0.2) is 57.9 Å². The predicted octanol–water partition coefficient (Wildman–Crippen LogP) is 2.31. The lowest BCUT2D eigenvalue weighted by atomic mass is 10.1. The zero-order valence-corrected chi connectivity index (χ0v) is 20.8. The van der Waals surface area contributed by atoms with E-state index in [4.69, 9.17) is 0 Å². The average Bonchev–Trinajstić information content (AvgIpc) is 3.56. The van der Waals surface area contributed by atoms with Gasteiger partial charge in [0.1, 0.15) is 6.17 Å². The summed E-state index contributed by atoms with van der Waals surface area (Å²) in [6.45, 7) is 0.735. The van der Waals surface area contributed by atoms with Gasteiger partial charge in [0.25, 0.3) is 11.8 Å². The summed E-state index contributed by atoms with van der Waals surface area (Å²) in [5.41, 5.74) is 0.649. The van der Waals surface area contributed by atoms with E-state index in [1.54, 1.807) is 24.4 Å². The lowest BCUT2D eigenvalue weighted by molar-refractivity contribution is -0.115. The number of nitrogens with zero attached hydrogens (tertiary/aromatic N) is 8. The molecule has 0 bridgehead atoms. The molecule has 0 radical (unpaired) electrons. The predicted molar refractivity (Wildman–Crippen MR) is 131 cm³/mol. The van der Waals surface area contributed by atoms with Crippen molar-refractivity contribution in [3.8, 4) is 0 Å². The van der Waals surface area contributed by atoms with Crippen LogP contribution in [0.5, 0.6) is 0 Å². The number of carbonyl (C=O) groups is 2. The normalized spacial score (nSPS) is 12.2. The highest BCUT2D eigenvalue weighted by molar-refractivity contribution is 5.91. The second-order valence-electron chi connectivity index (χ2n) is 8.73. The van der Waals surface area contributed by atoms with Crippen molar-refractivity contribution in [2.45, 2.75) is 51.5 Å². The quantitative estimate of drug-likeness (QED) is 0.277. The lowest BCUT2D eigenvalue weighted by Crippen LogP contribution is -2.24. The molecule has 0 fully saturated rings. The number of carbonyl (C=O) groups excluding carboxylic acids is 2. The van der Waals surface area contributed by atoms with Crippen LogP contribution in [0.3, 0.4) is 0 Å². The fraction of sp³-hybridized carbons (Fsp3) is 0.333. The zero-order chi connectivity index (χ0) is 27.8. The summed E-state index contributed by atoms with van der Waals surface area (Å²) in [6.07, 6.45) is 4.42. The minimum absolute atomic E-state index is 0.00949. The molecule has 4 heterocycles. The van der Waals surface area contributed by atoms with Crippen LogP contribution in [0.2, 0.25) is 0 Å². The van der Waals surface area contributed by atoms with E-state index in [1.165, 1.54) is 40.1 Å². The first-order valence-electron chi connectivity index (χ1n) is 11.9. The number of amides is 2. The van der Waals surface area contributed by atoms with Gasteiger partial charge < -0.3 is 10.6 Å². The third kappa shape index (κ3) is 8.15. The molecule has 1 atom stereocenters. The monoisotopic (exact) mass is 542 g/mol. The summed E-state index contributed by atoms with van der Waals surface area (Å²) in [5, 5.41) is 20.4. The summed E-state index contributed by atoms with van der Waals surface area (Å²) < 4.78 is 44.1. The van der Waals surface area contributed by atoms with Crippen molar-refractivity contribution in [2.75, 3.05) is 5.32 Å². The molecule has 2 N–H and O–H groups in total. The van der Waals surface area contributed by atoms with Crippen molar-refractivity contribution >= 4 is 17.6 Å². The SMILES string of the molecule is CC(F)(F)c1ccnc(CNC(=O)c2cn(CCC(F)Cn3cc(NC(=O)Cc4ccccn4)nn3)nn2)c1. The van der Waals surface area contributed by atoms with Gasteiger partial charge in [0, 0.05) is 43.5 Å². The Hall–Kier alpha value is -4.69. The smallest absolute Gasteiger partial charge is 0.273 e. The van der Waals surface area contributed by atoms with E-state index >= 15 is 0 Å². The van der Waals surface area contributed by atoms with Crippen molar-refractivity contribution < 1.29 is 22.8 Å². The fourth-order valence-corrected chi connectivity index (χ4v) is 3.49. The lowest BCUT2D eigenvalue weighted by Gasteiger charge is -2.11. The largest absolute Gasteiger partial charge is 0.345 e. The number of alkyl halides is 3. The van der Waals surface area contributed by atoms with E-state index in [9.17, 15) is 22.8 Å². The van der Waals surface area contributed by atoms with Gasteiger partial charge in [-0.3, -0.25) is 24.2 Å². The first-order valence-corrected chi connectivity index (χ1v) is 11.9. The molecular weight excluding hydrogens is 517 g/mol. The van der Waals surface area contributed by atoms with E-state index in [2.05, 4.69) is 41.2 Å². The second-order valence-corrected chi connectivity index (χ2v) is 8.73. The number of pyridine rings is 2. The van der Waals surface area contributed by atoms with Crippen LogP contribution in [0.4, 0.5) is 19.0 Å². The number of hydrogen-bond acceptors (Lipinski definition) is 8. The maximum atomic E-state index is 14.5. The molecule has 2 amide bonds. The Kier molecular flexibility index (Phi) is 8.58. The Labute approximate surface area is 220 Å². The Morgan fingerprint density at radius 3 is 2.59 bits per heavy atom. The van der Waals surface area contributed by atoms with Crippen LogP contribution < -0.4 is 10.6 Å². The maximum Gasteiger partial charge on any atom is 0.273 e. The van der Waals surface area contributed by atoms with Crippen molar-refractivity contribution in [1.82, 2.24) is 45.3 Å².